The minimum absolute atomic E-state index is 0.539. The van der Waals surface area contributed by atoms with E-state index in [0.29, 0.717) is 11.8 Å². The van der Waals surface area contributed by atoms with Gasteiger partial charge >= 0.3 is 0 Å². The van der Waals surface area contributed by atoms with Crippen LogP contribution >= 0.6 is 0 Å². The number of benzene rings is 1. The average Bonchev–Trinajstić information content (AvgIpc) is 3.31. The second kappa shape index (κ2) is 6.20. The van der Waals surface area contributed by atoms with Gasteiger partial charge in [0, 0.05) is 24.2 Å². The largest absolute Gasteiger partial charge is 0.368 e. The molecule has 0 saturated heterocycles. The van der Waals surface area contributed by atoms with Crippen molar-refractivity contribution in [3.05, 3.63) is 42.7 Å². The van der Waals surface area contributed by atoms with Crippen molar-refractivity contribution in [2.24, 2.45) is 5.92 Å². The molecule has 124 valence electrons. The van der Waals surface area contributed by atoms with E-state index in [4.69, 9.17) is 0 Å². The minimum atomic E-state index is 0.539. The highest BCUT2D eigenvalue weighted by molar-refractivity contribution is 5.65. The second-order valence-corrected chi connectivity index (χ2v) is 6.61. The van der Waals surface area contributed by atoms with Crippen molar-refractivity contribution < 1.29 is 0 Å². The number of likely N-dealkylation sites (N-methyl/N-ethyl adjacent to an activating group) is 1. The summed E-state index contributed by atoms with van der Waals surface area (Å²) < 4.78 is 1.77. The first-order valence-electron chi connectivity index (χ1n) is 8.39. The van der Waals surface area contributed by atoms with Crippen molar-refractivity contribution in [3.8, 4) is 11.3 Å². The molecule has 1 aliphatic carbocycles. The van der Waals surface area contributed by atoms with Crippen LogP contribution < -0.4 is 5.32 Å². The lowest BCUT2D eigenvalue weighted by Crippen LogP contribution is -2.36. The Hall–Kier alpha value is -2.47. The molecule has 0 spiro atoms. The highest BCUT2D eigenvalue weighted by atomic mass is 15.4. The van der Waals surface area contributed by atoms with Crippen molar-refractivity contribution in [1.82, 2.24) is 24.5 Å². The molecular weight excluding hydrogens is 300 g/mol. The summed E-state index contributed by atoms with van der Waals surface area (Å²) in [4.78, 5) is 11.2. The maximum absolute atomic E-state index is 4.61. The first-order valence-corrected chi connectivity index (χ1v) is 8.39. The van der Waals surface area contributed by atoms with E-state index in [-0.39, 0.29) is 0 Å². The SMILES string of the molecule is CN(C)C(CNc1cc(-c2ccccc2)nc2ncnn12)C1CC1. The van der Waals surface area contributed by atoms with Gasteiger partial charge in [0.1, 0.15) is 12.1 Å². The van der Waals surface area contributed by atoms with Crippen LogP contribution in [-0.2, 0) is 0 Å². The maximum Gasteiger partial charge on any atom is 0.254 e. The zero-order chi connectivity index (χ0) is 16.5. The molecule has 1 saturated carbocycles. The van der Waals surface area contributed by atoms with Gasteiger partial charge < -0.3 is 10.2 Å². The van der Waals surface area contributed by atoms with Crippen LogP contribution in [0.3, 0.4) is 0 Å². The van der Waals surface area contributed by atoms with E-state index < -0.39 is 0 Å². The van der Waals surface area contributed by atoms with Gasteiger partial charge in [0.15, 0.2) is 0 Å². The molecule has 3 aromatic rings. The number of hydrogen-bond donors (Lipinski definition) is 1. The molecule has 1 atom stereocenters. The Labute approximate surface area is 141 Å². The van der Waals surface area contributed by atoms with Gasteiger partial charge in [-0.15, -0.1) is 0 Å². The normalized spacial score (nSPS) is 15.8. The molecule has 1 N–H and O–H groups in total. The lowest BCUT2D eigenvalue weighted by atomic mass is 10.1. The van der Waals surface area contributed by atoms with Crippen LogP contribution in [-0.4, -0.2) is 51.2 Å². The van der Waals surface area contributed by atoms with E-state index in [1.54, 1.807) is 10.8 Å². The highest BCUT2D eigenvalue weighted by Gasteiger charge is 2.32. The molecule has 1 fully saturated rings. The van der Waals surface area contributed by atoms with E-state index >= 15 is 0 Å². The van der Waals surface area contributed by atoms with Crippen molar-refractivity contribution >= 4 is 11.6 Å². The van der Waals surface area contributed by atoms with E-state index in [0.717, 1.165) is 29.5 Å². The fraction of sp³-hybridized carbons (Fsp3) is 0.389. The van der Waals surface area contributed by atoms with Crippen molar-refractivity contribution in [1.29, 1.82) is 0 Å². The van der Waals surface area contributed by atoms with Gasteiger partial charge in [-0.25, -0.2) is 4.98 Å². The standard InChI is InChI=1S/C18H22N6/c1-23(2)16(14-8-9-14)11-19-17-10-15(13-6-4-3-5-7-13)22-18-20-12-21-24(17)18/h3-7,10,12,14,16,19H,8-9,11H2,1-2H3. The van der Waals surface area contributed by atoms with E-state index in [2.05, 4.69) is 57.6 Å². The van der Waals surface area contributed by atoms with Gasteiger partial charge in [-0.3, -0.25) is 0 Å². The van der Waals surface area contributed by atoms with Crippen LogP contribution in [0.4, 0.5) is 5.82 Å². The lowest BCUT2D eigenvalue weighted by Gasteiger charge is -2.25. The monoisotopic (exact) mass is 322 g/mol. The summed E-state index contributed by atoms with van der Waals surface area (Å²) in [5.41, 5.74) is 1.99. The molecule has 0 radical (unpaired) electrons. The summed E-state index contributed by atoms with van der Waals surface area (Å²) in [6.45, 7) is 0.894. The highest BCUT2D eigenvalue weighted by Crippen LogP contribution is 2.34. The molecular formula is C18H22N6. The number of hydrogen-bond acceptors (Lipinski definition) is 5. The first kappa shape index (κ1) is 15.1. The number of nitrogens with zero attached hydrogens (tertiary/aromatic N) is 5. The summed E-state index contributed by atoms with van der Waals surface area (Å²) >= 11 is 0. The van der Waals surface area contributed by atoms with E-state index in [1.807, 2.05) is 18.2 Å². The first-order chi connectivity index (χ1) is 11.7. The molecule has 1 aromatic carbocycles. The fourth-order valence-corrected chi connectivity index (χ4v) is 3.16. The van der Waals surface area contributed by atoms with Crippen LogP contribution in [0.25, 0.3) is 17.0 Å². The topological polar surface area (TPSA) is 58.3 Å². The molecule has 0 aliphatic heterocycles. The number of anilines is 1. The predicted octanol–water partition coefficient (Wildman–Crippen LogP) is 2.54. The smallest absolute Gasteiger partial charge is 0.254 e. The van der Waals surface area contributed by atoms with Gasteiger partial charge in [0.2, 0.25) is 0 Å². The molecule has 2 aromatic heterocycles. The Bertz CT molecular complexity index is 820. The summed E-state index contributed by atoms with van der Waals surface area (Å²) in [6.07, 6.45) is 4.20. The summed E-state index contributed by atoms with van der Waals surface area (Å²) in [6, 6.07) is 12.8. The fourth-order valence-electron chi connectivity index (χ4n) is 3.16. The molecule has 0 amide bonds. The lowest BCUT2D eigenvalue weighted by molar-refractivity contribution is 0.276. The van der Waals surface area contributed by atoms with Crippen molar-refractivity contribution in [3.63, 3.8) is 0 Å². The third-order valence-electron chi connectivity index (χ3n) is 4.64. The predicted molar refractivity (Wildman–Crippen MR) is 94.9 cm³/mol. The van der Waals surface area contributed by atoms with Gasteiger partial charge in [-0.05, 0) is 32.9 Å². The number of nitrogens with one attached hydrogen (secondary N) is 1. The minimum Gasteiger partial charge on any atom is -0.368 e. The Kier molecular flexibility index (Phi) is 3.90. The van der Waals surface area contributed by atoms with Gasteiger partial charge in [0.25, 0.3) is 5.78 Å². The van der Waals surface area contributed by atoms with Crippen molar-refractivity contribution in [2.75, 3.05) is 26.0 Å². The van der Waals surface area contributed by atoms with E-state index in [9.17, 15) is 0 Å². The summed E-state index contributed by atoms with van der Waals surface area (Å²) in [7, 11) is 4.30. The molecule has 1 aliphatic rings. The second-order valence-electron chi connectivity index (χ2n) is 6.61. The third kappa shape index (κ3) is 2.97. The quantitative estimate of drug-likeness (QED) is 0.756. The zero-order valence-electron chi connectivity index (χ0n) is 14.1. The van der Waals surface area contributed by atoms with Crippen molar-refractivity contribution in [2.45, 2.75) is 18.9 Å². The molecule has 1 unspecified atom stereocenters. The van der Waals surface area contributed by atoms with Gasteiger partial charge in [0.05, 0.1) is 5.69 Å². The number of rotatable bonds is 6. The van der Waals surface area contributed by atoms with Crippen LogP contribution in [0.5, 0.6) is 0 Å². The van der Waals surface area contributed by atoms with Gasteiger partial charge in [-0.2, -0.15) is 14.6 Å². The molecule has 6 nitrogen and oxygen atoms in total. The Morgan fingerprint density at radius 1 is 1.25 bits per heavy atom. The maximum atomic E-state index is 4.61. The molecule has 24 heavy (non-hydrogen) atoms. The van der Waals surface area contributed by atoms with Crippen LogP contribution in [0.15, 0.2) is 42.7 Å². The molecule has 0 bridgehead atoms. The summed E-state index contributed by atoms with van der Waals surface area (Å²) in [5.74, 6) is 2.35. The Morgan fingerprint density at radius 3 is 2.75 bits per heavy atom. The molecule has 4 rings (SSSR count). The molecule has 6 heteroatoms. The molecule has 2 heterocycles. The zero-order valence-corrected chi connectivity index (χ0v) is 14.1. The third-order valence-corrected chi connectivity index (χ3v) is 4.64. The van der Waals surface area contributed by atoms with Gasteiger partial charge in [-0.1, -0.05) is 30.3 Å². The average molecular weight is 322 g/mol. The van der Waals surface area contributed by atoms with E-state index in [1.165, 1.54) is 12.8 Å². The number of fused-ring (bicyclic) bond motifs is 1. The Balaban J connectivity index is 1.65. The van der Waals surface area contributed by atoms with Crippen LogP contribution in [0.2, 0.25) is 0 Å². The summed E-state index contributed by atoms with van der Waals surface area (Å²) in [5, 5.41) is 7.87. The Morgan fingerprint density at radius 2 is 2.04 bits per heavy atom. The number of aromatic nitrogens is 4. The van der Waals surface area contributed by atoms with Crippen LogP contribution in [0.1, 0.15) is 12.8 Å². The van der Waals surface area contributed by atoms with Crippen LogP contribution in [0, 0.1) is 5.92 Å².